The molecule has 0 spiro atoms. The standard InChI is InChI=1S/C12H24N2O4/c1-12(2,10(16)17)9-13-11(18)14(3)7-5-4-6-8-15/h15H,4-9H2,1-3H3,(H,13,18)(H,16,17). The van der Waals surface area contributed by atoms with Gasteiger partial charge in [-0.25, -0.2) is 4.79 Å². The maximum absolute atomic E-state index is 11.6. The molecule has 0 aliphatic heterocycles. The zero-order valence-corrected chi connectivity index (χ0v) is 11.4. The number of urea groups is 1. The van der Waals surface area contributed by atoms with Crippen molar-refractivity contribution < 1.29 is 19.8 Å². The van der Waals surface area contributed by atoms with Gasteiger partial charge >= 0.3 is 12.0 Å². The first kappa shape index (κ1) is 16.7. The molecular formula is C12H24N2O4. The van der Waals surface area contributed by atoms with Crippen LogP contribution in [0.15, 0.2) is 0 Å². The highest BCUT2D eigenvalue weighted by Crippen LogP contribution is 2.13. The summed E-state index contributed by atoms with van der Waals surface area (Å²) < 4.78 is 0. The van der Waals surface area contributed by atoms with Gasteiger partial charge in [-0.15, -0.1) is 0 Å². The molecule has 6 nitrogen and oxygen atoms in total. The molecule has 0 fully saturated rings. The van der Waals surface area contributed by atoms with Crippen LogP contribution in [-0.4, -0.2) is 53.9 Å². The van der Waals surface area contributed by atoms with E-state index in [1.54, 1.807) is 20.9 Å². The number of carbonyl (C=O) groups excluding carboxylic acids is 1. The highest BCUT2D eigenvalue weighted by molar-refractivity contribution is 5.77. The van der Waals surface area contributed by atoms with Crippen molar-refractivity contribution in [3.05, 3.63) is 0 Å². The van der Waals surface area contributed by atoms with Crippen LogP contribution in [0.4, 0.5) is 4.79 Å². The number of aliphatic hydroxyl groups is 1. The molecule has 0 aromatic rings. The molecule has 2 amide bonds. The second kappa shape index (κ2) is 7.92. The molecule has 0 unspecified atom stereocenters. The van der Waals surface area contributed by atoms with Crippen LogP contribution < -0.4 is 5.32 Å². The van der Waals surface area contributed by atoms with E-state index in [0.29, 0.717) is 6.54 Å². The number of rotatable bonds is 8. The lowest BCUT2D eigenvalue weighted by atomic mass is 9.94. The number of hydrogen-bond donors (Lipinski definition) is 3. The van der Waals surface area contributed by atoms with Crippen LogP contribution in [0.2, 0.25) is 0 Å². The Hall–Kier alpha value is -1.30. The molecule has 0 saturated heterocycles. The molecule has 106 valence electrons. The SMILES string of the molecule is CN(CCCCCO)C(=O)NCC(C)(C)C(=O)O. The summed E-state index contributed by atoms with van der Waals surface area (Å²) in [6, 6.07) is -0.270. The molecule has 0 aromatic heterocycles. The van der Waals surface area contributed by atoms with Crippen molar-refractivity contribution in [2.75, 3.05) is 26.7 Å². The number of aliphatic carboxylic acids is 1. The lowest BCUT2D eigenvalue weighted by Crippen LogP contribution is -2.44. The van der Waals surface area contributed by atoms with Crippen LogP contribution in [-0.2, 0) is 4.79 Å². The van der Waals surface area contributed by atoms with E-state index in [-0.39, 0.29) is 19.2 Å². The Balaban J connectivity index is 3.91. The Labute approximate surface area is 108 Å². The van der Waals surface area contributed by atoms with Crippen molar-refractivity contribution in [3.8, 4) is 0 Å². The van der Waals surface area contributed by atoms with Crippen LogP contribution in [0.3, 0.4) is 0 Å². The van der Waals surface area contributed by atoms with Gasteiger partial charge in [-0.1, -0.05) is 0 Å². The first-order chi connectivity index (χ1) is 8.31. The smallest absolute Gasteiger partial charge is 0.317 e. The molecule has 6 heteroatoms. The summed E-state index contributed by atoms with van der Waals surface area (Å²) in [5, 5.41) is 20.1. The van der Waals surface area contributed by atoms with Crippen molar-refractivity contribution in [3.63, 3.8) is 0 Å². The quantitative estimate of drug-likeness (QED) is 0.566. The number of nitrogens with one attached hydrogen (secondary N) is 1. The predicted molar refractivity (Wildman–Crippen MR) is 68.4 cm³/mol. The van der Waals surface area contributed by atoms with E-state index in [4.69, 9.17) is 10.2 Å². The Morgan fingerprint density at radius 1 is 1.22 bits per heavy atom. The third-order valence-corrected chi connectivity index (χ3v) is 2.76. The third-order valence-electron chi connectivity index (χ3n) is 2.76. The summed E-state index contributed by atoms with van der Waals surface area (Å²) >= 11 is 0. The predicted octanol–water partition coefficient (Wildman–Crippen LogP) is 0.901. The van der Waals surface area contributed by atoms with Gasteiger partial charge in [0.05, 0.1) is 5.41 Å². The fourth-order valence-corrected chi connectivity index (χ4v) is 1.25. The molecule has 0 rings (SSSR count). The Bertz CT molecular complexity index is 279. The molecule has 0 aromatic carbocycles. The number of aliphatic hydroxyl groups excluding tert-OH is 1. The van der Waals surface area contributed by atoms with Crippen molar-refractivity contribution >= 4 is 12.0 Å². The summed E-state index contributed by atoms with van der Waals surface area (Å²) in [6.07, 6.45) is 2.43. The van der Waals surface area contributed by atoms with E-state index >= 15 is 0 Å². The largest absolute Gasteiger partial charge is 0.481 e. The van der Waals surface area contributed by atoms with Crippen molar-refractivity contribution in [1.82, 2.24) is 10.2 Å². The molecule has 3 N–H and O–H groups in total. The average Bonchev–Trinajstić information content (AvgIpc) is 2.31. The molecule has 0 aliphatic carbocycles. The van der Waals surface area contributed by atoms with Crippen LogP contribution in [0.5, 0.6) is 0 Å². The molecule has 0 aliphatic rings. The fourth-order valence-electron chi connectivity index (χ4n) is 1.25. The van der Waals surface area contributed by atoms with E-state index in [2.05, 4.69) is 5.32 Å². The summed E-state index contributed by atoms with van der Waals surface area (Å²) in [5.74, 6) is -0.937. The topological polar surface area (TPSA) is 89.9 Å². The normalized spacial score (nSPS) is 11.1. The monoisotopic (exact) mass is 260 g/mol. The van der Waals surface area contributed by atoms with Crippen LogP contribution in [0, 0.1) is 5.41 Å². The summed E-state index contributed by atoms with van der Waals surface area (Å²) in [5.41, 5.74) is -0.965. The molecule has 0 bridgehead atoms. The highest BCUT2D eigenvalue weighted by atomic mass is 16.4. The van der Waals surface area contributed by atoms with Gasteiger partial charge in [0.1, 0.15) is 0 Å². The van der Waals surface area contributed by atoms with E-state index in [1.165, 1.54) is 4.90 Å². The van der Waals surface area contributed by atoms with Gasteiger partial charge in [-0.05, 0) is 33.1 Å². The molecular weight excluding hydrogens is 236 g/mol. The van der Waals surface area contributed by atoms with Gasteiger partial charge in [-0.3, -0.25) is 4.79 Å². The zero-order chi connectivity index (χ0) is 14.2. The minimum atomic E-state index is -0.965. The second-order valence-corrected chi connectivity index (χ2v) is 5.05. The lowest BCUT2D eigenvalue weighted by Gasteiger charge is -2.23. The lowest BCUT2D eigenvalue weighted by molar-refractivity contribution is -0.146. The molecule has 0 saturated carbocycles. The van der Waals surface area contributed by atoms with E-state index in [0.717, 1.165) is 19.3 Å². The van der Waals surface area contributed by atoms with E-state index in [1.807, 2.05) is 0 Å². The third kappa shape index (κ3) is 6.44. The first-order valence-corrected chi connectivity index (χ1v) is 6.14. The molecule has 18 heavy (non-hydrogen) atoms. The van der Waals surface area contributed by atoms with Crippen molar-refractivity contribution in [1.29, 1.82) is 0 Å². The zero-order valence-electron chi connectivity index (χ0n) is 11.4. The van der Waals surface area contributed by atoms with Crippen molar-refractivity contribution in [2.45, 2.75) is 33.1 Å². The minimum absolute atomic E-state index is 0.0994. The number of carboxylic acid groups (broad SMARTS) is 1. The molecule has 0 radical (unpaired) electrons. The molecule has 0 atom stereocenters. The maximum Gasteiger partial charge on any atom is 0.317 e. The van der Waals surface area contributed by atoms with Gasteiger partial charge in [0, 0.05) is 26.7 Å². The van der Waals surface area contributed by atoms with Gasteiger partial charge < -0.3 is 20.4 Å². The van der Waals surface area contributed by atoms with Gasteiger partial charge in [0.15, 0.2) is 0 Å². The average molecular weight is 260 g/mol. The molecule has 0 heterocycles. The number of unbranched alkanes of at least 4 members (excludes halogenated alkanes) is 2. The first-order valence-electron chi connectivity index (χ1n) is 6.14. The summed E-state index contributed by atoms with van der Waals surface area (Å²) in [6.45, 7) is 4.00. The number of amides is 2. The Morgan fingerprint density at radius 3 is 2.33 bits per heavy atom. The summed E-state index contributed by atoms with van der Waals surface area (Å²) in [4.78, 5) is 24.0. The highest BCUT2D eigenvalue weighted by Gasteiger charge is 2.27. The van der Waals surface area contributed by atoms with E-state index < -0.39 is 11.4 Å². The number of nitrogens with zero attached hydrogens (tertiary/aromatic N) is 1. The van der Waals surface area contributed by atoms with Gasteiger partial charge in [0.2, 0.25) is 0 Å². The number of carboxylic acids is 1. The maximum atomic E-state index is 11.6. The Kier molecular flexibility index (Phi) is 7.35. The number of hydrogen-bond acceptors (Lipinski definition) is 3. The second-order valence-electron chi connectivity index (χ2n) is 5.05. The number of carbonyl (C=O) groups is 2. The van der Waals surface area contributed by atoms with Gasteiger partial charge in [-0.2, -0.15) is 0 Å². The Morgan fingerprint density at radius 2 is 1.83 bits per heavy atom. The summed E-state index contributed by atoms with van der Waals surface area (Å²) in [7, 11) is 1.67. The minimum Gasteiger partial charge on any atom is -0.481 e. The van der Waals surface area contributed by atoms with Crippen LogP contribution in [0.1, 0.15) is 33.1 Å². The van der Waals surface area contributed by atoms with E-state index in [9.17, 15) is 9.59 Å². The van der Waals surface area contributed by atoms with Crippen LogP contribution in [0.25, 0.3) is 0 Å². The van der Waals surface area contributed by atoms with Gasteiger partial charge in [0.25, 0.3) is 0 Å². The van der Waals surface area contributed by atoms with Crippen LogP contribution >= 0.6 is 0 Å². The van der Waals surface area contributed by atoms with Crippen molar-refractivity contribution in [2.24, 2.45) is 5.41 Å². The fraction of sp³-hybridized carbons (Fsp3) is 0.833.